The minimum atomic E-state index is -4.61. The van der Waals surface area contributed by atoms with Gasteiger partial charge in [-0.1, -0.05) is 12.1 Å². The van der Waals surface area contributed by atoms with Crippen LogP contribution in [0, 0.1) is 5.82 Å². The third-order valence-corrected chi connectivity index (χ3v) is 8.46. The van der Waals surface area contributed by atoms with Gasteiger partial charge in [0, 0.05) is 36.1 Å². The molecule has 2 amide bonds. The van der Waals surface area contributed by atoms with Gasteiger partial charge >= 0.3 is 12.2 Å². The van der Waals surface area contributed by atoms with Crippen LogP contribution in [0.3, 0.4) is 0 Å². The van der Waals surface area contributed by atoms with E-state index in [1.165, 1.54) is 30.6 Å². The molecule has 2 aromatic carbocycles. The van der Waals surface area contributed by atoms with Crippen LogP contribution in [0.2, 0.25) is 0 Å². The third-order valence-electron chi connectivity index (χ3n) is 8.46. The molecule has 4 aromatic rings. The summed E-state index contributed by atoms with van der Waals surface area (Å²) in [6.07, 6.45) is 2.48. The Morgan fingerprint density at radius 3 is 2.45 bits per heavy atom. The van der Waals surface area contributed by atoms with Crippen molar-refractivity contribution in [2.45, 2.75) is 50.5 Å². The Labute approximate surface area is 252 Å². The Balaban J connectivity index is 1.16. The first-order valence-corrected chi connectivity index (χ1v) is 14.6. The van der Waals surface area contributed by atoms with Crippen LogP contribution in [0.4, 0.5) is 39.5 Å². The number of nitrogens with two attached hydrogens (primary N) is 1. The molecular formula is C31H34F4N8O. The van der Waals surface area contributed by atoms with Crippen LogP contribution in [0.5, 0.6) is 0 Å². The number of piperidine rings is 1. The van der Waals surface area contributed by atoms with Crippen molar-refractivity contribution in [3.05, 3.63) is 65.9 Å². The number of nitrogens with zero attached hydrogens (tertiary/aromatic N) is 5. The average molecular weight is 611 g/mol. The minimum absolute atomic E-state index is 0.0507. The van der Waals surface area contributed by atoms with Crippen LogP contribution in [0.25, 0.3) is 22.2 Å². The van der Waals surface area contributed by atoms with Crippen molar-refractivity contribution in [1.82, 2.24) is 24.3 Å². The highest BCUT2D eigenvalue weighted by molar-refractivity contribution is 6.02. The molecule has 232 valence electrons. The van der Waals surface area contributed by atoms with Crippen LogP contribution in [-0.4, -0.2) is 63.6 Å². The van der Waals surface area contributed by atoms with Gasteiger partial charge in [-0.05, 0) is 88.3 Å². The molecule has 2 aromatic heterocycles. The van der Waals surface area contributed by atoms with Crippen molar-refractivity contribution in [3.8, 4) is 11.1 Å². The summed E-state index contributed by atoms with van der Waals surface area (Å²) in [4.78, 5) is 25.3. The second kappa shape index (κ2) is 11.7. The van der Waals surface area contributed by atoms with E-state index < -0.39 is 23.6 Å². The molecule has 2 aliphatic rings. The number of alkyl halides is 3. The Morgan fingerprint density at radius 1 is 1.05 bits per heavy atom. The second-order valence-electron chi connectivity index (χ2n) is 11.8. The summed E-state index contributed by atoms with van der Waals surface area (Å²) in [6, 6.07) is 7.89. The lowest BCUT2D eigenvalue weighted by Gasteiger charge is -2.35. The highest BCUT2D eigenvalue weighted by Crippen LogP contribution is 2.42. The SMILES string of the molecule is CN(C)C1CCN(Cc2ccc(NC(=O)Nc3ccc(-c4cn(C5CC5)c5ncnc(N)c45)cc3F)cc2C(F)(F)F)CC1. The number of fused-ring (bicyclic) bond motifs is 1. The Morgan fingerprint density at radius 2 is 1.80 bits per heavy atom. The molecule has 1 aliphatic heterocycles. The van der Waals surface area contributed by atoms with Gasteiger partial charge in [-0.15, -0.1) is 0 Å². The summed E-state index contributed by atoms with van der Waals surface area (Å²) < 4.78 is 59.3. The van der Waals surface area contributed by atoms with Gasteiger partial charge in [-0.25, -0.2) is 19.2 Å². The molecule has 0 bridgehead atoms. The molecule has 1 saturated heterocycles. The van der Waals surface area contributed by atoms with Crippen LogP contribution >= 0.6 is 0 Å². The average Bonchev–Trinajstić information content (AvgIpc) is 3.74. The van der Waals surface area contributed by atoms with Crippen molar-refractivity contribution in [2.24, 2.45) is 0 Å². The largest absolute Gasteiger partial charge is 0.416 e. The van der Waals surface area contributed by atoms with Gasteiger partial charge in [0.15, 0.2) is 0 Å². The smallest absolute Gasteiger partial charge is 0.383 e. The zero-order valence-corrected chi connectivity index (χ0v) is 24.5. The predicted molar refractivity (Wildman–Crippen MR) is 162 cm³/mol. The summed E-state index contributed by atoms with van der Waals surface area (Å²) in [7, 11) is 4.02. The number of benzene rings is 2. The second-order valence-corrected chi connectivity index (χ2v) is 11.8. The summed E-state index contributed by atoms with van der Waals surface area (Å²) in [6.45, 7) is 1.57. The fraction of sp³-hybridized carbons (Fsp3) is 0.387. The normalized spacial score (nSPS) is 16.5. The van der Waals surface area contributed by atoms with Crippen LogP contribution in [-0.2, 0) is 12.7 Å². The number of hydrogen-bond donors (Lipinski definition) is 3. The van der Waals surface area contributed by atoms with Gasteiger partial charge in [-0.2, -0.15) is 13.2 Å². The van der Waals surface area contributed by atoms with E-state index in [0.717, 1.165) is 31.7 Å². The van der Waals surface area contributed by atoms with E-state index in [4.69, 9.17) is 5.73 Å². The van der Waals surface area contributed by atoms with E-state index in [1.807, 2.05) is 29.8 Å². The number of rotatable bonds is 7. The predicted octanol–water partition coefficient (Wildman–Crippen LogP) is 6.34. The Bertz CT molecular complexity index is 1690. The van der Waals surface area contributed by atoms with Crippen molar-refractivity contribution in [2.75, 3.05) is 43.6 Å². The number of nitrogen functional groups attached to an aromatic ring is 1. The molecule has 4 N–H and O–H groups in total. The number of halogens is 4. The molecule has 6 rings (SSSR count). The first-order chi connectivity index (χ1) is 21.0. The molecule has 13 heteroatoms. The molecular weight excluding hydrogens is 576 g/mol. The molecule has 0 spiro atoms. The highest BCUT2D eigenvalue weighted by atomic mass is 19.4. The number of amides is 2. The van der Waals surface area contributed by atoms with Crippen molar-refractivity contribution in [3.63, 3.8) is 0 Å². The molecule has 0 radical (unpaired) electrons. The van der Waals surface area contributed by atoms with E-state index in [1.54, 1.807) is 6.07 Å². The minimum Gasteiger partial charge on any atom is -0.383 e. The quantitative estimate of drug-likeness (QED) is 0.211. The summed E-state index contributed by atoms with van der Waals surface area (Å²) >= 11 is 0. The molecule has 44 heavy (non-hydrogen) atoms. The summed E-state index contributed by atoms with van der Waals surface area (Å²) in [5.41, 5.74) is 7.16. The van der Waals surface area contributed by atoms with Crippen LogP contribution < -0.4 is 16.4 Å². The van der Waals surface area contributed by atoms with E-state index >= 15 is 4.39 Å². The zero-order valence-electron chi connectivity index (χ0n) is 24.5. The monoisotopic (exact) mass is 610 g/mol. The maximum absolute atomic E-state index is 15.2. The molecule has 9 nitrogen and oxygen atoms in total. The number of urea groups is 1. The van der Waals surface area contributed by atoms with Crippen LogP contribution in [0.1, 0.15) is 42.9 Å². The maximum Gasteiger partial charge on any atom is 0.416 e. The van der Waals surface area contributed by atoms with Crippen molar-refractivity contribution < 1.29 is 22.4 Å². The van der Waals surface area contributed by atoms with Gasteiger partial charge in [0.2, 0.25) is 0 Å². The third kappa shape index (κ3) is 6.20. The Hall–Kier alpha value is -4.23. The number of anilines is 3. The van der Waals surface area contributed by atoms with Gasteiger partial charge in [0.25, 0.3) is 0 Å². The number of hydrogen-bond acceptors (Lipinski definition) is 6. The number of nitrogens with one attached hydrogen (secondary N) is 2. The van der Waals surface area contributed by atoms with E-state index in [2.05, 4.69) is 25.5 Å². The maximum atomic E-state index is 15.2. The van der Waals surface area contributed by atoms with Gasteiger partial charge in [0.1, 0.15) is 23.6 Å². The van der Waals surface area contributed by atoms with E-state index in [0.29, 0.717) is 47.3 Å². The zero-order chi connectivity index (χ0) is 31.2. The molecule has 1 aliphatic carbocycles. The summed E-state index contributed by atoms with van der Waals surface area (Å²) in [5.74, 6) is -0.436. The topological polar surface area (TPSA) is 104 Å². The summed E-state index contributed by atoms with van der Waals surface area (Å²) in [5, 5.41) is 5.43. The number of carbonyl (C=O) groups excluding carboxylic acids is 1. The van der Waals surface area contributed by atoms with Crippen molar-refractivity contribution >= 4 is 34.3 Å². The molecule has 1 saturated carbocycles. The van der Waals surface area contributed by atoms with Crippen LogP contribution in [0.15, 0.2) is 48.9 Å². The standard InChI is InChI=1S/C31H34F4N8O/c1-41(2)21-9-11-42(12-10-21)15-19-3-5-20(14-24(19)31(33,34)35)39-30(44)40-26-8-4-18(13-25(26)32)23-16-43(22-6-7-22)29-27(23)28(36)37-17-38-29/h3-5,8,13-14,16-17,21-22H,6-7,9-12,15H2,1-2H3,(H2,36,37,38)(H2,39,40,44). The molecule has 2 fully saturated rings. The van der Waals surface area contributed by atoms with E-state index in [9.17, 15) is 18.0 Å². The number of carbonyl (C=O) groups is 1. The van der Waals surface area contributed by atoms with E-state index in [-0.39, 0.29) is 29.3 Å². The fourth-order valence-electron chi connectivity index (χ4n) is 5.92. The first-order valence-electron chi connectivity index (χ1n) is 14.6. The van der Waals surface area contributed by atoms with Gasteiger partial charge in [-0.3, -0.25) is 4.90 Å². The molecule has 0 atom stereocenters. The van der Waals surface area contributed by atoms with Gasteiger partial charge in [0.05, 0.1) is 16.6 Å². The first kappa shape index (κ1) is 29.8. The lowest BCUT2D eigenvalue weighted by molar-refractivity contribution is -0.138. The fourth-order valence-corrected chi connectivity index (χ4v) is 5.92. The number of aromatic nitrogens is 3. The Kier molecular flexibility index (Phi) is 7.93. The van der Waals surface area contributed by atoms with Gasteiger partial charge < -0.3 is 25.8 Å². The highest BCUT2D eigenvalue weighted by Gasteiger charge is 2.35. The molecule has 0 unspecified atom stereocenters. The number of likely N-dealkylation sites (tertiary alicyclic amines) is 1. The lowest BCUT2D eigenvalue weighted by atomic mass is 10.0. The van der Waals surface area contributed by atoms with Crippen molar-refractivity contribution in [1.29, 1.82) is 0 Å². The lowest BCUT2D eigenvalue weighted by Crippen LogP contribution is -2.41. The molecule has 3 heterocycles.